The van der Waals surface area contributed by atoms with E-state index in [1.165, 1.54) is 11.3 Å². The average molecular weight is 447 g/mol. The molecule has 1 aliphatic rings. The number of anilines is 1. The van der Waals surface area contributed by atoms with E-state index in [-0.39, 0.29) is 11.8 Å². The van der Waals surface area contributed by atoms with Crippen LogP contribution >= 0.6 is 22.9 Å². The zero-order chi connectivity index (χ0) is 21.1. The number of carboxylic acids is 1. The third kappa shape index (κ3) is 4.76. The average Bonchev–Trinajstić information content (AvgIpc) is 3.32. The number of pyridine rings is 1. The molecule has 0 bridgehead atoms. The number of nitrogens with zero attached hydrogens (tertiary/aromatic N) is 1. The number of carboxylic acid groups (broad SMARTS) is 1. The summed E-state index contributed by atoms with van der Waals surface area (Å²) in [5, 5.41) is 14.2. The molecule has 0 radical (unpaired) electrons. The van der Waals surface area contributed by atoms with Gasteiger partial charge in [0.05, 0.1) is 5.38 Å². The molecule has 1 saturated carbocycles. The van der Waals surface area contributed by atoms with E-state index in [0.717, 1.165) is 40.6 Å². The van der Waals surface area contributed by atoms with Gasteiger partial charge in [0.2, 0.25) is 0 Å². The van der Waals surface area contributed by atoms with Gasteiger partial charge in [0.1, 0.15) is 11.0 Å². The molecule has 4 rings (SSSR count). The van der Waals surface area contributed by atoms with Crippen LogP contribution in [0.5, 0.6) is 0 Å². The van der Waals surface area contributed by atoms with Gasteiger partial charge in [0.25, 0.3) is 0 Å². The smallest absolute Gasteiger partial charge is 0.345 e. The van der Waals surface area contributed by atoms with E-state index in [2.05, 4.69) is 16.4 Å². The number of carbonyl (C=O) groups is 1. The van der Waals surface area contributed by atoms with E-state index in [0.29, 0.717) is 17.8 Å². The van der Waals surface area contributed by atoms with Crippen molar-refractivity contribution in [3.8, 4) is 0 Å². The van der Waals surface area contributed by atoms with Crippen LogP contribution in [0.1, 0.15) is 33.8 Å². The van der Waals surface area contributed by atoms with Crippen molar-refractivity contribution in [3.63, 3.8) is 0 Å². The van der Waals surface area contributed by atoms with Crippen LogP contribution in [0.2, 0.25) is 0 Å². The highest BCUT2D eigenvalue weighted by atomic mass is 35.5. The van der Waals surface area contributed by atoms with E-state index in [4.69, 9.17) is 16.7 Å². The molecule has 1 aliphatic carbocycles. The number of aromatic nitrogens is 1. The molecule has 0 spiro atoms. The van der Waals surface area contributed by atoms with Gasteiger partial charge in [-0.05, 0) is 73.2 Å². The Balaban J connectivity index is 1.34. The molecule has 3 aromatic rings. The standard InChI is InChI=1S/C23H24ClFN2O2S/c24-22-19(13-27-17-5-4-16-12-26-9-8-14(16)10-17)15(11-20(22)25)2-1-3-18-6-7-21(30-18)23(28)29/h4-10,12,15,19-20,22,27H,1-3,11,13H2,(H,28,29)/t15-,19+,20?,22?/m0/s1. The Bertz CT molecular complexity index is 1030. The first-order chi connectivity index (χ1) is 14.5. The number of hydrogen-bond donors (Lipinski definition) is 2. The summed E-state index contributed by atoms with van der Waals surface area (Å²) < 4.78 is 14.4. The number of benzene rings is 1. The maximum atomic E-state index is 14.4. The molecule has 2 unspecified atom stereocenters. The lowest BCUT2D eigenvalue weighted by atomic mass is 9.90. The Morgan fingerprint density at radius 1 is 1.27 bits per heavy atom. The molecule has 158 valence electrons. The molecule has 4 atom stereocenters. The van der Waals surface area contributed by atoms with Crippen LogP contribution in [-0.4, -0.2) is 34.2 Å². The largest absolute Gasteiger partial charge is 0.477 e. The number of halogens is 2. The molecule has 4 nitrogen and oxygen atoms in total. The molecule has 2 aromatic heterocycles. The Hall–Kier alpha value is -2.18. The second kappa shape index (κ2) is 9.31. The van der Waals surface area contributed by atoms with Crippen LogP contribution in [0.4, 0.5) is 10.1 Å². The van der Waals surface area contributed by atoms with Crippen LogP contribution in [-0.2, 0) is 6.42 Å². The number of hydrogen-bond acceptors (Lipinski definition) is 4. The van der Waals surface area contributed by atoms with E-state index in [1.807, 2.05) is 30.5 Å². The fraction of sp³-hybridized carbons (Fsp3) is 0.391. The molecule has 2 N–H and O–H groups in total. The first-order valence-corrected chi connectivity index (χ1v) is 11.4. The monoisotopic (exact) mass is 446 g/mol. The second-order valence-corrected chi connectivity index (χ2v) is 9.57. The van der Waals surface area contributed by atoms with Gasteiger partial charge < -0.3 is 10.4 Å². The first-order valence-electron chi connectivity index (χ1n) is 10.2. The summed E-state index contributed by atoms with van der Waals surface area (Å²) in [4.78, 5) is 16.6. The molecule has 0 aliphatic heterocycles. The van der Waals surface area contributed by atoms with Crippen LogP contribution in [0.3, 0.4) is 0 Å². The fourth-order valence-electron chi connectivity index (χ4n) is 4.33. The summed E-state index contributed by atoms with van der Waals surface area (Å²) in [5.41, 5.74) is 0.999. The van der Waals surface area contributed by atoms with E-state index in [9.17, 15) is 9.18 Å². The summed E-state index contributed by atoms with van der Waals surface area (Å²) in [6.45, 7) is 0.637. The Labute approximate surface area is 184 Å². The maximum Gasteiger partial charge on any atom is 0.345 e. The van der Waals surface area contributed by atoms with Crippen molar-refractivity contribution in [1.29, 1.82) is 0 Å². The van der Waals surface area contributed by atoms with Gasteiger partial charge in [0.15, 0.2) is 0 Å². The Morgan fingerprint density at radius 2 is 2.13 bits per heavy atom. The van der Waals surface area contributed by atoms with E-state index < -0.39 is 17.5 Å². The summed E-state index contributed by atoms with van der Waals surface area (Å²) >= 11 is 7.75. The molecule has 1 fully saturated rings. The Kier molecular flexibility index (Phi) is 6.54. The number of fused-ring (bicyclic) bond motifs is 1. The number of nitrogens with one attached hydrogen (secondary N) is 1. The summed E-state index contributed by atoms with van der Waals surface area (Å²) in [7, 11) is 0. The normalized spacial score (nSPS) is 23.7. The van der Waals surface area contributed by atoms with Crippen LogP contribution in [0.25, 0.3) is 10.8 Å². The number of alkyl halides is 2. The topological polar surface area (TPSA) is 62.2 Å². The van der Waals surface area contributed by atoms with Gasteiger partial charge in [-0.15, -0.1) is 22.9 Å². The number of aromatic carboxylic acids is 1. The highest BCUT2D eigenvalue weighted by Gasteiger charge is 2.41. The van der Waals surface area contributed by atoms with Gasteiger partial charge in [-0.3, -0.25) is 4.98 Å². The quantitative estimate of drug-likeness (QED) is 0.416. The van der Waals surface area contributed by atoms with Crippen molar-refractivity contribution < 1.29 is 14.3 Å². The second-order valence-electron chi connectivity index (χ2n) is 7.90. The minimum absolute atomic E-state index is 0.0627. The van der Waals surface area contributed by atoms with Crippen molar-refractivity contribution in [1.82, 2.24) is 4.98 Å². The zero-order valence-electron chi connectivity index (χ0n) is 16.4. The molecular weight excluding hydrogens is 423 g/mol. The van der Waals surface area contributed by atoms with Gasteiger partial charge in [-0.1, -0.05) is 6.07 Å². The third-order valence-corrected chi connectivity index (χ3v) is 7.67. The lowest BCUT2D eigenvalue weighted by molar-refractivity contribution is 0.0702. The number of thiophene rings is 1. The zero-order valence-corrected chi connectivity index (χ0v) is 18.0. The maximum absolute atomic E-state index is 14.4. The molecular formula is C23H24ClFN2O2S. The lowest BCUT2D eigenvalue weighted by Crippen LogP contribution is -2.26. The predicted octanol–water partition coefficient (Wildman–Crippen LogP) is 6.01. The van der Waals surface area contributed by atoms with E-state index >= 15 is 0 Å². The molecule has 0 amide bonds. The molecule has 7 heteroatoms. The Morgan fingerprint density at radius 3 is 2.93 bits per heavy atom. The van der Waals surface area contributed by atoms with Crippen LogP contribution < -0.4 is 5.32 Å². The minimum Gasteiger partial charge on any atom is -0.477 e. The summed E-state index contributed by atoms with van der Waals surface area (Å²) in [6.07, 6.45) is 5.73. The first kappa shape index (κ1) is 21.1. The molecule has 30 heavy (non-hydrogen) atoms. The highest BCUT2D eigenvalue weighted by molar-refractivity contribution is 7.13. The third-order valence-electron chi connectivity index (χ3n) is 5.94. The number of rotatable bonds is 8. The van der Waals surface area contributed by atoms with Crippen molar-refractivity contribution >= 4 is 45.4 Å². The van der Waals surface area contributed by atoms with Gasteiger partial charge in [0, 0.05) is 34.9 Å². The van der Waals surface area contributed by atoms with Crippen molar-refractivity contribution in [2.45, 2.75) is 37.2 Å². The van der Waals surface area contributed by atoms with Crippen molar-refractivity contribution in [2.75, 3.05) is 11.9 Å². The van der Waals surface area contributed by atoms with Crippen LogP contribution in [0, 0.1) is 11.8 Å². The van der Waals surface area contributed by atoms with E-state index in [1.54, 1.807) is 12.3 Å². The lowest BCUT2D eigenvalue weighted by Gasteiger charge is -2.22. The summed E-state index contributed by atoms with van der Waals surface area (Å²) in [5.74, 6) is -0.602. The van der Waals surface area contributed by atoms with Gasteiger partial charge in [-0.25, -0.2) is 9.18 Å². The summed E-state index contributed by atoms with van der Waals surface area (Å²) in [6, 6.07) is 11.6. The molecule has 1 aromatic carbocycles. The van der Waals surface area contributed by atoms with Gasteiger partial charge >= 0.3 is 5.97 Å². The predicted molar refractivity (Wildman–Crippen MR) is 121 cm³/mol. The molecule has 0 saturated heterocycles. The van der Waals surface area contributed by atoms with Crippen LogP contribution in [0.15, 0.2) is 48.8 Å². The van der Waals surface area contributed by atoms with Crippen molar-refractivity contribution in [2.24, 2.45) is 11.8 Å². The SMILES string of the molecule is O=C(O)c1ccc(CCC[C@H]2CC(F)C(Cl)[C@@H]2CNc2ccc3cnccc3c2)s1. The van der Waals surface area contributed by atoms with Crippen molar-refractivity contribution in [3.05, 3.63) is 58.5 Å². The molecule has 2 heterocycles. The fourth-order valence-corrected chi connectivity index (χ4v) is 5.61. The minimum atomic E-state index is -0.980. The highest BCUT2D eigenvalue weighted by Crippen LogP contribution is 2.41. The number of aryl methyl sites for hydroxylation is 1. The van der Waals surface area contributed by atoms with Gasteiger partial charge in [-0.2, -0.15) is 0 Å².